The summed E-state index contributed by atoms with van der Waals surface area (Å²) in [6.45, 7) is 13.8. The SMILES string of the molecule is Cc1cn(C)nc1-n1nc(OCCCO[Si](C)(C)C(C)(C)C)c([N+](=O)[O-])c1C1CC1. The first-order chi connectivity index (χ1) is 13.9. The van der Waals surface area contributed by atoms with Gasteiger partial charge < -0.3 is 9.16 Å². The number of nitrogens with zero attached hydrogens (tertiary/aromatic N) is 5. The topological polar surface area (TPSA) is 97.2 Å². The molecule has 0 saturated heterocycles. The third-order valence-corrected chi connectivity index (χ3v) is 10.5. The molecule has 166 valence electrons. The molecule has 9 nitrogen and oxygen atoms in total. The Morgan fingerprint density at radius 1 is 1.27 bits per heavy atom. The van der Waals surface area contributed by atoms with Crippen molar-refractivity contribution in [1.82, 2.24) is 19.6 Å². The van der Waals surface area contributed by atoms with Crippen LogP contribution in [0.3, 0.4) is 0 Å². The third-order valence-electron chi connectivity index (χ3n) is 5.99. The van der Waals surface area contributed by atoms with E-state index in [1.54, 1.807) is 9.36 Å². The standard InChI is InChI=1S/C20H33N5O4Si/c1-14-13-23(5)21-18(14)24-16(15-9-10-15)17(25(26)27)19(22-24)28-11-8-12-29-30(6,7)20(2,3)4/h13,15H,8-12H2,1-7H3. The van der Waals surface area contributed by atoms with E-state index in [4.69, 9.17) is 9.16 Å². The van der Waals surface area contributed by atoms with Crippen LogP contribution < -0.4 is 4.74 Å². The highest BCUT2D eigenvalue weighted by atomic mass is 28.4. The molecular weight excluding hydrogens is 402 g/mol. The fraction of sp³-hybridized carbons (Fsp3) is 0.700. The summed E-state index contributed by atoms with van der Waals surface area (Å²) in [6, 6.07) is 0. The largest absolute Gasteiger partial charge is 0.472 e. The Morgan fingerprint density at radius 2 is 1.93 bits per heavy atom. The van der Waals surface area contributed by atoms with Crippen LogP contribution in [0.5, 0.6) is 5.88 Å². The number of rotatable bonds is 9. The van der Waals surface area contributed by atoms with Gasteiger partial charge in [0.1, 0.15) is 5.69 Å². The van der Waals surface area contributed by atoms with Gasteiger partial charge in [-0.05, 0) is 37.9 Å². The van der Waals surface area contributed by atoms with Crippen LogP contribution in [0.15, 0.2) is 6.20 Å². The molecule has 0 N–H and O–H groups in total. The Kier molecular flexibility index (Phi) is 6.10. The van der Waals surface area contributed by atoms with Crippen molar-refractivity contribution in [2.45, 2.75) is 71.0 Å². The molecular formula is C20H33N5O4Si. The van der Waals surface area contributed by atoms with Crippen molar-refractivity contribution in [2.75, 3.05) is 13.2 Å². The summed E-state index contributed by atoms with van der Waals surface area (Å²) in [5.41, 5.74) is 1.47. The fourth-order valence-electron chi connectivity index (χ4n) is 3.13. The Bertz CT molecular complexity index is 925. The Labute approximate surface area is 178 Å². The molecule has 0 radical (unpaired) electrons. The zero-order valence-electron chi connectivity index (χ0n) is 19.1. The Morgan fingerprint density at radius 3 is 2.43 bits per heavy atom. The van der Waals surface area contributed by atoms with Crippen molar-refractivity contribution in [1.29, 1.82) is 0 Å². The van der Waals surface area contributed by atoms with Crippen molar-refractivity contribution in [2.24, 2.45) is 7.05 Å². The normalized spacial score (nSPS) is 14.9. The maximum absolute atomic E-state index is 11.9. The van der Waals surface area contributed by atoms with Crippen LogP contribution in [0.1, 0.15) is 57.2 Å². The van der Waals surface area contributed by atoms with Gasteiger partial charge in [0, 0.05) is 37.8 Å². The zero-order valence-corrected chi connectivity index (χ0v) is 20.1. The third kappa shape index (κ3) is 4.59. The molecule has 2 aromatic rings. The summed E-state index contributed by atoms with van der Waals surface area (Å²) in [5, 5.41) is 20.9. The zero-order chi connectivity index (χ0) is 22.3. The van der Waals surface area contributed by atoms with E-state index in [0.29, 0.717) is 31.1 Å². The van der Waals surface area contributed by atoms with Gasteiger partial charge in [0.2, 0.25) is 0 Å². The first kappa shape index (κ1) is 22.5. The number of ether oxygens (including phenoxy) is 1. The lowest BCUT2D eigenvalue weighted by atomic mass is 10.2. The first-order valence-corrected chi connectivity index (χ1v) is 13.4. The highest BCUT2D eigenvalue weighted by molar-refractivity contribution is 6.74. The molecule has 10 heteroatoms. The number of nitro groups is 1. The van der Waals surface area contributed by atoms with E-state index in [1.807, 2.05) is 20.2 Å². The first-order valence-electron chi connectivity index (χ1n) is 10.5. The lowest BCUT2D eigenvalue weighted by Gasteiger charge is -2.36. The highest BCUT2D eigenvalue weighted by Crippen LogP contribution is 2.48. The summed E-state index contributed by atoms with van der Waals surface area (Å²) < 4.78 is 15.2. The second kappa shape index (κ2) is 8.14. The number of hydrogen-bond donors (Lipinski definition) is 0. The summed E-state index contributed by atoms with van der Waals surface area (Å²) in [5.74, 6) is 0.802. The summed E-state index contributed by atoms with van der Waals surface area (Å²) in [4.78, 5) is 11.5. The van der Waals surface area contributed by atoms with Gasteiger partial charge >= 0.3 is 11.6 Å². The van der Waals surface area contributed by atoms with Gasteiger partial charge in [0.05, 0.1) is 11.5 Å². The van der Waals surface area contributed by atoms with Crippen LogP contribution >= 0.6 is 0 Å². The predicted molar refractivity (Wildman–Crippen MR) is 117 cm³/mol. The Hall–Kier alpha value is -2.20. The summed E-state index contributed by atoms with van der Waals surface area (Å²) in [7, 11) is 0.00777. The molecule has 0 bridgehead atoms. The monoisotopic (exact) mass is 435 g/mol. The molecule has 0 aliphatic heterocycles. The van der Waals surface area contributed by atoms with Gasteiger partial charge in [0.15, 0.2) is 14.1 Å². The van der Waals surface area contributed by atoms with Crippen molar-refractivity contribution in [3.05, 3.63) is 27.6 Å². The van der Waals surface area contributed by atoms with E-state index >= 15 is 0 Å². The average molecular weight is 436 g/mol. The van der Waals surface area contributed by atoms with Crippen LogP contribution in [0.2, 0.25) is 18.1 Å². The summed E-state index contributed by atoms with van der Waals surface area (Å²) >= 11 is 0. The molecule has 1 aliphatic carbocycles. The fourth-order valence-corrected chi connectivity index (χ4v) is 4.22. The molecule has 1 fully saturated rings. The van der Waals surface area contributed by atoms with E-state index in [0.717, 1.165) is 18.4 Å². The second-order valence-electron chi connectivity index (χ2n) is 9.60. The van der Waals surface area contributed by atoms with Crippen molar-refractivity contribution in [3.63, 3.8) is 0 Å². The van der Waals surface area contributed by atoms with E-state index in [-0.39, 0.29) is 27.4 Å². The van der Waals surface area contributed by atoms with Gasteiger partial charge in [-0.15, -0.1) is 5.10 Å². The van der Waals surface area contributed by atoms with Gasteiger partial charge in [0.25, 0.3) is 0 Å². The minimum absolute atomic E-state index is 0.0344. The van der Waals surface area contributed by atoms with Gasteiger partial charge in [-0.25, -0.2) is 4.68 Å². The van der Waals surface area contributed by atoms with Gasteiger partial charge in [-0.3, -0.25) is 14.8 Å². The van der Waals surface area contributed by atoms with Crippen molar-refractivity contribution in [3.8, 4) is 11.7 Å². The molecule has 0 spiro atoms. The lowest BCUT2D eigenvalue weighted by molar-refractivity contribution is -0.386. The predicted octanol–water partition coefficient (Wildman–Crippen LogP) is 4.49. The molecule has 0 aromatic carbocycles. The molecule has 1 saturated carbocycles. The quantitative estimate of drug-likeness (QED) is 0.249. The second-order valence-corrected chi connectivity index (χ2v) is 14.4. The van der Waals surface area contributed by atoms with Crippen LogP contribution in [0.25, 0.3) is 5.82 Å². The smallest absolute Gasteiger partial charge is 0.354 e. The molecule has 1 aliphatic rings. The number of aryl methyl sites for hydroxylation is 2. The minimum atomic E-state index is -1.82. The molecule has 2 aromatic heterocycles. The number of aromatic nitrogens is 4. The number of hydrogen-bond acceptors (Lipinski definition) is 6. The summed E-state index contributed by atoms with van der Waals surface area (Å²) in [6.07, 6.45) is 4.35. The highest BCUT2D eigenvalue weighted by Gasteiger charge is 2.41. The van der Waals surface area contributed by atoms with E-state index in [1.165, 1.54) is 0 Å². The van der Waals surface area contributed by atoms with Crippen molar-refractivity contribution < 1.29 is 14.1 Å². The van der Waals surface area contributed by atoms with Crippen LogP contribution in [0, 0.1) is 17.0 Å². The van der Waals surface area contributed by atoms with E-state index in [9.17, 15) is 10.1 Å². The van der Waals surface area contributed by atoms with Crippen molar-refractivity contribution >= 4 is 14.0 Å². The molecule has 2 heterocycles. The molecule has 0 amide bonds. The van der Waals surface area contributed by atoms with Crippen LogP contribution in [0.4, 0.5) is 5.69 Å². The molecule has 0 unspecified atom stereocenters. The van der Waals surface area contributed by atoms with Gasteiger partial charge in [-0.2, -0.15) is 5.10 Å². The average Bonchev–Trinajstić information content (AvgIpc) is 3.30. The molecule has 3 rings (SSSR count). The molecule has 0 atom stereocenters. The maximum atomic E-state index is 11.9. The Balaban J connectivity index is 1.76. The van der Waals surface area contributed by atoms with Crippen LogP contribution in [-0.2, 0) is 11.5 Å². The van der Waals surface area contributed by atoms with Crippen LogP contribution in [-0.4, -0.2) is 46.0 Å². The molecule has 30 heavy (non-hydrogen) atoms. The minimum Gasteiger partial charge on any atom is -0.472 e. The van der Waals surface area contributed by atoms with E-state index < -0.39 is 8.32 Å². The van der Waals surface area contributed by atoms with Gasteiger partial charge in [-0.1, -0.05) is 20.8 Å². The maximum Gasteiger partial charge on any atom is 0.354 e. The lowest BCUT2D eigenvalue weighted by Crippen LogP contribution is -2.41. The van der Waals surface area contributed by atoms with E-state index in [2.05, 4.69) is 44.1 Å².